The Balaban J connectivity index is 1.05. The number of nitrogens with zero attached hydrogens (tertiary/aromatic N) is 4. The van der Waals surface area contributed by atoms with E-state index >= 15 is 0 Å². The maximum absolute atomic E-state index is 12.0. The highest BCUT2D eigenvalue weighted by molar-refractivity contribution is 7.19. The molecule has 0 bridgehead atoms. The van der Waals surface area contributed by atoms with Gasteiger partial charge in [0.2, 0.25) is 0 Å². The molecule has 0 fully saturated rings. The molecule has 9 nitrogen and oxygen atoms in total. The average molecular weight is 727 g/mol. The summed E-state index contributed by atoms with van der Waals surface area (Å²) in [5, 5.41) is 19.2. The Morgan fingerprint density at radius 2 is 1.12 bits per heavy atom. The average Bonchev–Trinajstić information content (AvgIpc) is 3.99. The van der Waals surface area contributed by atoms with Crippen molar-refractivity contribution in [2.24, 2.45) is 7.05 Å². The van der Waals surface area contributed by atoms with E-state index in [0.29, 0.717) is 11.4 Å². The van der Waals surface area contributed by atoms with Crippen molar-refractivity contribution in [1.82, 2.24) is 19.5 Å². The summed E-state index contributed by atoms with van der Waals surface area (Å²) >= 11 is 5.06. The third kappa shape index (κ3) is 6.32. The van der Waals surface area contributed by atoms with Gasteiger partial charge in [0.1, 0.15) is 11.5 Å². The van der Waals surface area contributed by atoms with Gasteiger partial charge in [-0.05, 0) is 110 Å². The fourth-order valence-electron chi connectivity index (χ4n) is 5.76. The van der Waals surface area contributed by atoms with Crippen LogP contribution in [0.4, 0.5) is 0 Å². The molecule has 0 atom stereocenters. The van der Waals surface area contributed by atoms with E-state index in [1.165, 1.54) is 45.9 Å². The van der Waals surface area contributed by atoms with E-state index in [9.17, 15) is 19.8 Å². The molecule has 0 saturated carbocycles. The number of carbonyl (C=O) groups is 2. The molecule has 0 spiro atoms. The second-order valence-electron chi connectivity index (χ2n) is 11.7. The zero-order valence-electron chi connectivity index (χ0n) is 27.0. The summed E-state index contributed by atoms with van der Waals surface area (Å²) in [5.74, 6) is -0.708. The molecular formula is C39H26N4O5S3. The standard InChI is InChI=1S/C39H26N4O5S3/c1-21-3-8-34(49-21)29-4-5-30(43(29)2)35-10-12-37(51-35)32-7-6-31(48-32)36-11-9-33(50-36)22-13-15-40-25(17-22)27-19-24(39(46)47)20-28(42-27)26-18-23(38(44)45)14-16-41-26/h3-20H,1-2H3,(H,44,45)(H,46,47). The fourth-order valence-corrected chi connectivity index (χ4v) is 8.68. The van der Waals surface area contributed by atoms with Crippen LogP contribution in [0.5, 0.6) is 0 Å². The Morgan fingerprint density at radius 3 is 1.75 bits per heavy atom. The monoisotopic (exact) mass is 726 g/mol. The Labute approximate surface area is 303 Å². The normalized spacial score (nSPS) is 11.3. The molecule has 2 N–H and O–H groups in total. The van der Waals surface area contributed by atoms with Crippen molar-refractivity contribution in [3.8, 4) is 75.6 Å². The summed E-state index contributed by atoms with van der Waals surface area (Å²) in [5.41, 5.74) is 4.49. The summed E-state index contributed by atoms with van der Waals surface area (Å²) in [4.78, 5) is 43.6. The number of rotatable bonds is 9. The van der Waals surface area contributed by atoms with E-state index in [-0.39, 0.29) is 22.5 Å². The smallest absolute Gasteiger partial charge is 0.335 e. The van der Waals surface area contributed by atoms with Crippen LogP contribution in [0.1, 0.15) is 25.6 Å². The number of hydrogen-bond acceptors (Lipinski definition) is 9. The van der Waals surface area contributed by atoms with Crippen LogP contribution < -0.4 is 0 Å². The van der Waals surface area contributed by atoms with Crippen molar-refractivity contribution in [1.29, 1.82) is 0 Å². The SMILES string of the molecule is Cc1ccc(-c2ccc(-c3ccc(-c4ccc(-c5ccc(-c6ccnc(-c7cc(C(=O)O)cc(-c8cc(C(=O)O)ccn8)n7)c6)s5)o4)s3)n2C)s1. The zero-order valence-corrected chi connectivity index (χ0v) is 29.5. The number of hydrogen-bond donors (Lipinski definition) is 2. The number of thiophene rings is 3. The Bertz CT molecular complexity index is 2610. The van der Waals surface area contributed by atoms with Gasteiger partial charge in [0.15, 0.2) is 0 Å². The van der Waals surface area contributed by atoms with Gasteiger partial charge in [-0.25, -0.2) is 14.6 Å². The van der Waals surface area contributed by atoms with Crippen LogP contribution in [0.15, 0.2) is 114 Å². The van der Waals surface area contributed by atoms with Gasteiger partial charge >= 0.3 is 11.9 Å². The highest BCUT2D eigenvalue weighted by atomic mass is 32.1. The summed E-state index contributed by atoms with van der Waals surface area (Å²) < 4.78 is 8.60. The van der Waals surface area contributed by atoms with Crippen LogP contribution in [0.3, 0.4) is 0 Å². The van der Waals surface area contributed by atoms with Gasteiger partial charge in [-0.2, -0.15) is 0 Å². The van der Waals surface area contributed by atoms with E-state index < -0.39 is 11.9 Å². The first-order valence-corrected chi connectivity index (χ1v) is 18.1. The topological polar surface area (TPSA) is 131 Å². The Morgan fingerprint density at radius 1 is 0.588 bits per heavy atom. The molecule has 0 aromatic carbocycles. The summed E-state index contributed by atoms with van der Waals surface area (Å²) in [7, 11) is 2.10. The fraction of sp³-hybridized carbons (Fsp3) is 0.0513. The van der Waals surface area contributed by atoms with Gasteiger partial charge in [-0.3, -0.25) is 9.97 Å². The maximum atomic E-state index is 12.0. The van der Waals surface area contributed by atoms with Crippen molar-refractivity contribution < 1.29 is 24.2 Å². The van der Waals surface area contributed by atoms with Crippen molar-refractivity contribution in [2.75, 3.05) is 0 Å². The number of aromatic carboxylic acids is 2. The largest absolute Gasteiger partial charge is 0.478 e. The molecule has 0 radical (unpaired) electrons. The minimum absolute atomic E-state index is 0.0171. The lowest BCUT2D eigenvalue weighted by atomic mass is 10.1. The van der Waals surface area contributed by atoms with E-state index in [4.69, 9.17) is 4.42 Å². The zero-order chi connectivity index (χ0) is 35.2. The van der Waals surface area contributed by atoms with Crippen molar-refractivity contribution >= 4 is 45.9 Å². The van der Waals surface area contributed by atoms with E-state index in [0.717, 1.165) is 42.3 Å². The van der Waals surface area contributed by atoms with E-state index in [2.05, 4.69) is 69.9 Å². The Hall–Kier alpha value is -5.95. The minimum Gasteiger partial charge on any atom is -0.478 e. The van der Waals surface area contributed by atoms with Gasteiger partial charge in [0, 0.05) is 29.2 Å². The molecular weight excluding hydrogens is 701 g/mol. The molecule has 0 amide bonds. The second-order valence-corrected chi connectivity index (χ2v) is 15.1. The van der Waals surface area contributed by atoms with Crippen LogP contribution in [0.2, 0.25) is 0 Å². The first-order chi connectivity index (χ1) is 24.7. The first kappa shape index (κ1) is 32.3. The molecule has 0 saturated heterocycles. The molecule has 0 unspecified atom stereocenters. The second kappa shape index (κ2) is 13.1. The molecule has 250 valence electrons. The van der Waals surface area contributed by atoms with E-state index in [1.807, 2.05) is 36.4 Å². The molecule has 8 heterocycles. The lowest BCUT2D eigenvalue weighted by Gasteiger charge is -2.08. The number of furan rings is 1. The molecule has 8 aromatic heterocycles. The van der Waals surface area contributed by atoms with Crippen LogP contribution in [-0.2, 0) is 7.05 Å². The first-order valence-electron chi connectivity index (χ1n) is 15.7. The van der Waals surface area contributed by atoms with Gasteiger partial charge in [-0.15, -0.1) is 34.0 Å². The van der Waals surface area contributed by atoms with Gasteiger partial charge < -0.3 is 19.2 Å². The lowest BCUT2D eigenvalue weighted by Crippen LogP contribution is -2.02. The molecule has 12 heteroatoms. The summed E-state index contributed by atoms with van der Waals surface area (Å²) in [6.07, 6.45) is 3.01. The van der Waals surface area contributed by atoms with Crippen LogP contribution >= 0.6 is 34.0 Å². The Kier molecular flexibility index (Phi) is 8.27. The summed E-state index contributed by atoms with van der Waals surface area (Å²) in [6, 6.07) is 30.2. The van der Waals surface area contributed by atoms with Gasteiger partial charge in [0.05, 0.1) is 64.8 Å². The minimum atomic E-state index is -1.15. The van der Waals surface area contributed by atoms with Crippen LogP contribution in [-0.4, -0.2) is 41.7 Å². The van der Waals surface area contributed by atoms with Crippen molar-refractivity contribution in [2.45, 2.75) is 6.92 Å². The van der Waals surface area contributed by atoms with Crippen LogP contribution in [0, 0.1) is 6.92 Å². The number of carboxylic acid groups (broad SMARTS) is 2. The number of aryl methyl sites for hydroxylation is 1. The van der Waals surface area contributed by atoms with Crippen molar-refractivity contribution in [3.05, 3.63) is 125 Å². The lowest BCUT2D eigenvalue weighted by molar-refractivity contribution is 0.0686. The number of aromatic nitrogens is 4. The van der Waals surface area contributed by atoms with Crippen molar-refractivity contribution in [3.63, 3.8) is 0 Å². The van der Waals surface area contributed by atoms with Gasteiger partial charge in [0.25, 0.3) is 0 Å². The molecule has 51 heavy (non-hydrogen) atoms. The highest BCUT2D eigenvalue weighted by Gasteiger charge is 2.18. The predicted octanol–water partition coefficient (Wildman–Crippen LogP) is 10.4. The van der Waals surface area contributed by atoms with Gasteiger partial charge in [-0.1, -0.05) is 0 Å². The third-order valence-electron chi connectivity index (χ3n) is 8.32. The molecule has 8 rings (SSSR count). The third-order valence-corrected chi connectivity index (χ3v) is 11.6. The molecule has 8 aromatic rings. The molecule has 0 aliphatic carbocycles. The number of pyridine rings is 3. The van der Waals surface area contributed by atoms with E-state index in [1.54, 1.807) is 40.2 Å². The quantitative estimate of drug-likeness (QED) is 0.150. The predicted molar refractivity (Wildman–Crippen MR) is 201 cm³/mol. The van der Waals surface area contributed by atoms with Crippen LogP contribution in [0.25, 0.3) is 75.6 Å². The number of carboxylic acids is 2. The highest BCUT2D eigenvalue weighted by Crippen LogP contribution is 2.41. The molecule has 0 aliphatic rings. The molecule has 0 aliphatic heterocycles. The maximum Gasteiger partial charge on any atom is 0.335 e. The summed E-state index contributed by atoms with van der Waals surface area (Å²) in [6.45, 7) is 2.12.